The summed E-state index contributed by atoms with van der Waals surface area (Å²) in [6.07, 6.45) is 0.508. The topological polar surface area (TPSA) is 20.2 Å². The number of hydrogen-bond acceptors (Lipinski definition) is 1. The van der Waals surface area contributed by atoms with Gasteiger partial charge < -0.3 is 5.11 Å². The summed E-state index contributed by atoms with van der Waals surface area (Å²) < 4.78 is 39.2. The van der Waals surface area contributed by atoms with Crippen LogP contribution in [0.5, 0.6) is 0 Å². The Hall–Kier alpha value is -0.260. The molecule has 0 unspecified atom stereocenters. The average Bonchev–Trinajstić information content (AvgIpc) is 2.91. The molecule has 2 rings (SSSR count). The van der Waals surface area contributed by atoms with Crippen molar-refractivity contribution in [3.8, 4) is 0 Å². The van der Waals surface area contributed by atoms with E-state index in [0.29, 0.717) is 0 Å². The summed E-state index contributed by atoms with van der Waals surface area (Å²) in [5.41, 5.74) is -1.99. The van der Waals surface area contributed by atoms with E-state index in [9.17, 15) is 18.3 Å². The summed E-state index contributed by atoms with van der Waals surface area (Å²) in [4.78, 5) is 0. The lowest BCUT2D eigenvalue weighted by atomic mass is 10.1. The van der Waals surface area contributed by atoms with Gasteiger partial charge in [-0.15, -0.1) is 0 Å². The van der Waals surface area contributed by atoms with Crippen LogP contribution in [0.2, 0.25) is 5.02 Å². The standard InChI is InChI=1S/C9H5BrClF3O/c10-4-7(13)5(11)3(6(12)8(4)14)9(15)1-2-9/h15H,1-2H2. The first-order valence-electron chi connectivity index (χ1n) is 4.13. The molecular formula is C9H5BrClF3O. The number of halogens is 5. The van der Waals surface area contributed by atoms with Crippen molar-refractivity contribution in [2.45, 2.75) is 18.4 Å². The van der Waals surface area contributed by atoms with Gasteiger partial charge in [0.05, 0.1) is 15.1 Å². The van der Waals surface area contributed by atoms with E-state index >= 15 is 0 Å². The van der Waals surface area contributed by atoms with Crippen molar-refractivity contribution in [1.29, 1.82) is 0 Å². The van der Waals surface area contributed by atoms with E-state index in [2.05, 4.69) is 15.9 Å². The second-order valence-corrected chi connectivity index (χ2v) is 4.65. The third kappa shape index (κ3) is 1.57. The van der Waals surface area contributed by atoms with E-state index in [0.717, 1.165) is 0 Å². The molecule has 15 heavy (non-hydrogen) atoms. The molecule has 1 aliphatic carbocycles. The molecule has 1 fully saturated rings. The van der Waals surface area contributed by atoms with Crippen LogP contribution in [0.3, 0.4) is 0 Å². The van der Waals surface area contributed by atoms with Crippen LogP contribution in [-0.4, -0.2) is 5.11 Å². The fraction of sp³-hybridized carbons (Fsp3) is 0.333. The van der Waals surface area contributed by atoms with Crippen LogP contribution in [0, 0.1) is 17.5 Å². The Morgan fingerprint density at radius 2 is 1.67 bits per heavy atom. The van der Waals surface area contributed by atoms with Crippen LogP contribution >= 0.6 is 27.5 Å². The van der Waals surface area contributed by atoms with Crippen molar-refractivity contribution in [3.63, 3.8) is 0 Å². The summed E-state index contributed by atoms with van der Waals surface area (Å²) >= 11 is 8.07. The Kier molecular flexibility index (Phi) is 2.52. The van der Waals surface area contributed by atoms with E-state index in [4.69, 9.17) is 11.6 Å². The highest BCUT2D eigenvalue weighted by Gasteiger charge is 2.47. The van der Waals surface area contributed by atoms with Gasteiger partial charge in [0.25, 0.3) is 0 Å². The molecule has 1 aliphatic rings. The number of hydrogen-bond donors (Lipinski definition) is 1. The van der Waals surface area contributed by atoms with Gasteiger partial charge in [-0.2, -0.15) is 0 Å². The third-order valence-electron chi connectivity index (χ3n) is 2.40. The minimum atomic E-state index is -1.51. The molecule has 0 radical (unpaired) electrons. The lowest BCUT2D eigenvalue weighted by Gasteiger charge is -2.14. The molecule has 0 aliphatic heterocycles. The Labute approximate surface area is 97.0 Å². The van der Waals surface area contributed by atoms with Crippen LogP contribution in [0.1, 0.15) is 18.4 Å². The van der Waals surface area contributed by atoms with Crippen LogP contribution in [0.4, 0.5) is 13.2 Å². The summed E-state index contributed by atoms with van der Waals surface area (Å²) in [5, 5.41) is 9.06. The van der Waals surface area contributed by atoms with Crippen molar-refractivity contribution in [2.24, 2.45) is 0 Å². The first kappa shape index (κ1) is 11.2. The first-order chi connectivity index (χ1) is 6.88. The fourth-order valence-electron chi connectivity index (χ4n) is 1.38. The minimum Gasteiger partial charge on any atom is -0.385 e. The van der Waals surface area contributed by atoms with Gasteiger partial charge in [-0.3, -0.25) is 0 Å². The summed E-state index contributed by atoms with van der Waals surface area (Å²) in [5.74, 6) is -3.76. The predicted molar refractivity (Wildman–Crippen MR) is 52.2 cm³/mol. The smallest absolute Gasteiger partial charge is 0.176 e. The molecule has 0 bridgehead atoms. The van der Waals surface area contributed by atoms with Crippen molar-refractivity contribution >= 4 is 27.5 Å². The molecule has 1 nitrogen and oxygen atoms in total. The van der Waals surface area contributed by atoms with E-state index in [1.807, 2.05) is 0 Å². The number of aliphatic hydroxyl groups is 1. The molecule has 0 amide bonds. The zero-order valence-corrected chi connectivity index (χ0v) is 9.59. The Morgan fingerprint density at radius 1 is 1.13 bits per heavy atom. The lowest BCUT2D eigenvalue weighted by Crippen LogP contribution is -2.12. The second-order valence-electron chi connectivity index (χ2n) is 3.48. The highest BCUT2D eigenvalue weighted by Crippen LogP contribution is 2.50. The molecule has 1 N–H and O–H groups in total. The maximum Gasteiger partial charge on any atom is 0.176 e. The molecule has 0 spiro atoms. The normalized spacial score (nSPS) is 18.0. The Bertz CT molecular complexity index is 416. The molecule has 0 saturated heterocycles. The van der Waals surface area contributed by atoms with Crippen molar-refractivity contribution < 1.29 is 18.3 Å². The maximum atomic E-state index is 13.4. The molecule has 1 saturated carbocycles. The van der Waals surface area contributed by atoms with E-state index in [1.54, 1.807) is 0 Å². The Balaban J connectivity index is 2.74. The quantitative estimate of drug-likeness (QED) is 0.622. The van der Waals surface area contributed by atoms with Gasteiger partial charge in [-0.25, -0.2) is 13.2 Å². The summed E-state index contributed by atoms with van der Waals surface area (Å²) in [6.45, 7) is 0. The van der Waals surface area contributed by atoms with E-state index in [-0.39, 0.29) is 12.8 Å². The SMILES string of the molecule is OC1(c2c(F)c(F)c(Br)c(F)c2Cl)CC1. The number of rotatable bonds is 1. The van der Waals surface area contributed by atoms with Gasteiger partial charge >= 0.3 is 0 Å². The zero-order valence-electron chi connectivity index (χ0n) is 7.25. The van der Waals surface area contributed by atoms with E-state index < -0.39 is 38.1 Å². The average molecular weight is 301 g/mol. The largest absolute Gasteiger partial charge is 0.385 e. The Morgan fingerprint density at radius 3 is 2.13 bits per heavy atom. The fourth-order valence-corrected chi connectivity index (χ4v) is 2.22. The van der Waals surface area contributed by atoms with Crippen LogP contribution in [0.25, 0.3) is 0 Å². The highest BCUT2D eigenvalue weighted by atomic mass is 79.9. The molecule has 0 aromatic heterocycles. The highest BCUT2D eigenvalue weighted by molar-refractivity contribution is 9.10. The van der Waals surface area contributed by atoms with E-state index in [1.165, 1.54) is 0 Å². The second kappa shape index (κ2) is 3.37. The van der Waals surface area contributed by atoms with Crippen molar-refractivity contribution in [1.82, 2.24) is 0 Å². The van der Waals surface area contributed by atoms with Crippen LogP contribution in [0.15, 0.2) is 4.47 Å². The molecule has 0 atom stereocenters. The summed E-state index contributed by atoms with van der Waals surface area (Å²) in [6, 6.07) is 0. The monoisotopic (exact) mass is 300 g/mol. The zero-order chi connectivity index (χ0) is 11.4. The molecule has 82 valence electrons. The maximum absolute atomic E-state index is 13.4. The number of benzene rings is 1. The van der Waals surface area contributed by atoms with Gasteiger partial charge in [0.1, 0.15) is 0 Å². The third-order valence-corrected chi connectivity index (χ3v) is 3.45. The van der Waals surface area contributed by atoms with Crippen LogP contribution < -0.4 is 0 Å². The summed E-state index contributed by atoms with van der Waals surface area (Å²) in [7, 11) is 0. The van der Waals surface area contributed by atoms with Crippen molar-refractivity contribution in [2.75, 3.05) is 0 Å². The molecule has 1 aromatic rings. The predicted octanol–water partition coefficient (Wildman–Crippen LogP) is 3.50. The first-order valence-corrected chi connectivity index (χ1v) is 5.30. The van der Waals surface area contributed by atoms with Crippen LogP contribution in [-0.2, 0) is 5.60 Å². The van der Waals surface area contributed by atoms with Gasteiger partial charge in [-0.05, 0) is 28.8 Å². The van der Waals surface area contributed by atoms with Gasteiger partial charge in [0.15, 0.2) is 17.5 Å². The molecule has 0 heterocycles. The van der Waals surface area contributed by atoms with Gasteiger partial charge in [0, 0.05) is 5.56 Å². The van der Waals surface area contributed by atoms with Gasteiger partial charge in [0.2, 0.25) is 0 Å². The molecule has 1 aromatic carbocycles. The molecular weight excluding hydrogens is 296 g/mol. The van der Waals surface area contributed by atoms with Gasteiger partial charge in [-0.1, -0.05) is 11.6 Å². The van der Waals surface area contributed by atoms with Crippen molar-refractivity contribution in [3.05, 3.63) is 32.5 Å². The lowest BCUT2D eigenvalue weighted by molar-refractivity contribution is 0.145. The minimum absolute atomic E-state index is 0.254. The molecule has 6 heteroatoms.